The number of nitrogens with one attached hydrogen (secondary N) is 1. The number of rotatable bonds is 6. The Bertz CT molecular complexity index is 264. The molecule has 0 bridgehead atoms. The standard InChI is InChI=1S/C17H34N2O/c1-14(2)11-16-13-19(15(3)12-18-16)9-10-20-17-7-5-4-6-8-17/h14-18H,4-13H2,1-3H3. The van der Waals surface area contributed by atoms with Gasteiger partial charge in [0.15, 0.2) is 0 Å². The van der Waals surface area contributed by atoms with Crippen molar-refractivity contribution in [2.24, 2.45) is 5.92 Å². The molecule has 0 aromatic carbocycles. The molecule has 1 aliphatic carbocycles. The predicted molar refractivity (Wildman–Crippen MR) is 85.1 cm³/mol. The molecule has 1 N–H and O–H groups in total. The summed E-state index contributed by atoms with van der Waals surface area (Å²) in [6.07, 6.45) is 8.54. The third kappa shape index (κ3) is 5.34. The second-order valence-electron chi connectivity index (χ2n) is 7.21. The zero-order chi connectivity index (χ0) is 14.4. The third-order valence-electron chi connectivity index (χ3n) is 4.82. The zero-order valence-electron chi connectivity index (χ0n) is 13.7. The van der Waals surface area contributed by atoms with Crippen LogP contribution in [0.2, 0.25) is 0 Å². The maximum absolute atomic E-state index is 6.09. The summed E-state index contributed by atoms with van der Waals surface area (Å²) in [5, 5.41) is 3.69. The first kappa shape index (κ1) is 16.3. The maximum Gasteiger partial charge on any atom is 0.0597 e. The molecule has 2 fully saturated rings. The highest BCUT2D eigenvalue weighted by molar-refractivity contribution is 4.84. The largest absolute Gasteiger partial charge is 0.377 e. The lowest BCUT2D eigenvalue weighted by Gasteiger charge is -2.39. The molecule has 0 radical (unpaired) electrons. The van der Waals surface area contributed by atoms with Crippen molar-refractivity contribution in [3.63, 3.8) is 0 Å². The van der Waals surface area contributed by atoms with E-state index in [9.17, 15) is 0 Å². The van der Waals surface area contributed by atoms with Gasteiger partial charge in [0.2, 0.25) is 0 Å². The number of nitrogens with zero attached hydrogens (tertiary/aromatic N) is 1. The Hall–Kier alpha value is -0.120. The molecular weight excluding hydrogens is 248 g/mol. The summed E-state index contributed by atoms with van der Waals surface area (Å²) in [4.78, 5) is 2.62. The van der Waals surface area contributed by atoms with Crippen LogP contribution in [0.15, 0.2) is 0 Å². The average Bonchev–Trinajstić information content (AvgIpc) is 2.43. The quantitative estimate of drug-likeness (QED) is 0.810. The third-order valence-corrected chi connectivity index (χ3v) is 4.82. The van der Waals surface area contributed by atoms with E-state index in [1.54, 1.807) is 0 Å². The van der Waals surface area contributed by atoms with E-state index < -0.39 is 0 Å². The van der Waals surface area contributed by atoms with Crippen LogP contribution >= 0.6 is 0 Å². The maximum atomic E-state index is 6.09. The summed E-state index contributed by atoms with van der Waals surface area (Å²) in [7, 11) is 0. The van der Waals surface area contributed by atoms with Gasteiger partial charge in [-0.05, 0) is 32.1 Å². The molecule has 0 aromatic rings. The summed E-state index contributed by atoms with van der Waals surface area (Å²) in [5.41, 5.74) is 0. The Balaban J connectivity index is 1.67. The first-order valence-corrected chi connectivity index (χ1v) is 8.74. The first-order chi connectivity index (χ1) is 9.65. The molecule has 3 nitrogen and oxygen atoms in total. The Morgan fingerprint density at radius 2 is 1.95 bits per heavy atom. The van der Waals surface area contributed by atoms with E-state index in [1.807, 2.05) is 0 Å². The molecule has 2 atom stereocenters. The van der Waals surface area contributed by atoms with E-state index in [4.69, 9.17) is 4.74 Å². The van der Waals surface area contributed by atoms with Gasteiger partial charge in [-0.1, -0.05) is 33.1 Å². The van der Waals surface area contributed by atoms with Gasteiger partial charge in [0.1, 0.15) is 0 Å². The van der Waals surface area contributed by atoms with Crippen molar-refractivity contribution in [1.29, 1.82) is 0 Å². The average molecular weight is 282 g/mol. The summed E-state index contributed by atoms with van der Waals surface area (Å²) >= 11 is 0. The van der Waals surface area contributed by atoms with Gasteiger partial charge in [0.25, 0.3) is 0 Å². The van der Waals surface area contributed by atoms with E-state index in [2.05, 4.69) is 31.0 Å². The fraction of sp³-hybridized carbons (Fsp3) is 1.00. The topological polar surface area (TPSA) is 24.5 Å². The highest BCUT2D eigenvalue weighted by atomic mass is 16.5. The van der Waals surface area contributed by atoms with Crippen molar-refractivity contribution in [3.8, 4) is 0 Å². The van der Waals surface area contributed by atoms with Crippen molar-refractivity contribution in [2.75, 3.05) is 26.2 Å². The van der Waals surface area contributed by atoms with E-state index in [1.165, 1.54) is 45.1 Å². The van der Waals surface area contributed by atoms with Crippen LogP contribution in [0.4, 0.5) is 0 Å². The van der Waals surface area contributed by atoms with Crippen LogP contribution in [0.3, 0.4) is 0 Å². The van der Waals surface area contributed by atoms with E-state index in [-0.39, 0.29) is 0 Å². The van der Waals surface area contributed by atoms with E-state index in [0.717, 1.165) is 25.6 Å². The number of hydrogen-bond acceptors (Lipinski definition) is 3. The van der Waals surface area contributed by atoms with Gasteiger partial charge in [-0.2, -0.15) is 0 Å². The molecule has 2 rings (SSSR count). The Labute approximate surface area is 125 Å². The molecule has 1 saturated heterocycles. The van der Waals surface area contributed by atoms with Gasteiger partial charge in [-0.3, -0.25) is 4.90 Å². The lowest BCUT2D eigenvalue weighted by atomic mass is 9.98. The van der Waals surface area contributed by atoms with Gasteiger partial charge in [-0.25, -0.2) is 0 Å². The normalized spacial score (nSPS) is 30.0. The van der Waals surface area contributed by atoms with E-state index in [0.29, 0.717) is 18.2 Å². The molecule has 1 aliphatic heterocycles. The monoisotopic (exact) mass is 282 g/mol. The fourth-order valence-corrected chi connectivity index (χ4v) is 3.60. The van der Waals surface area contributed by atoms with Crippen molar-refractivity contribution in [1.82, 2.24) is 10.2 Å². The van der Waals surface area contributed by atoms with Crippen molar-refractivity contribution >= 4 is 0 Å². The van der Waals surface area contributed by atoms with Crippen LogP contribution in [0.1, 0.15) is 59.3 Å². The van der Waals surface area contributed by atoms with Gasteiger partial charge in [0, 0.05) is 31.7 Å². The van der Waals surface area contributed by atoms with E-state index >= 15 is 0 Å². The van der Waals surface area contributed by atoms with Crippen LogP contribution in [-0.2, 0) is 4.74 Å². The molecule has 1 saturated carbocycles. The SMILES string of the molecule is CC(C)CC1CN(CCOC2CCCCC2)C(C)CN1. The Kier molecular flexibility index (Phi) is 6.79. The van der Waals surface area contributed by atoms with Crippen molar-refractivity contribution in [2.45, 2.75) is 77.5 Å². The molecule has 2 unspecified atom stereocenters. The van der Waals surface area contributed by atoms with Crippen LogP contribution in [0.5, 0.6) is 0 Å². The predicted octanol–water partition coefficient (Wildman–Crippen LogP) is 3.04. The van der Waals surface area contributed by atoms with Crippen LogP contribution in [-0.4, -0.2) is 49.3 Å². The lowest BCUT2D eigenvalue weighted by molar-refractivity contribution is 0.00481. The highest BCUT2D eigenvalue weighted by Gasteiger charge is 2.25. The van der Waals surface area contributed by atoms with Gasteiger partial charge in [-0.15, -0.1) is 0 Å². The van der Waals surface area contributed by atoms with Crippen LogP contribution < -0.4 is 5.32 Å². The first-order valence-electron chi connectivity index (χ1n) is 8.74. The van der Waals surface area contributed by atoms with Gasteiger partial charge >= 0.3 is 0 Å². The Morgan fingerprint density at radius 1 is 1.20 bits per heavy atom. The Morgan fingerprint density at radius 3 is 2.65 bits per heavy atom. The van der Waals surface area contributed by atoms with Crippen LogP contribution in [0.25, 0.3) is 0 Å². The number of ether oxygens (including phenoxy) is 1. The zero-order valence-corrected chi connectivity index (χ0v) is 13.7. The summed E-state index contributed by atoms with van der Waals surface area (Å²) < 4.78 is 6.09. The highest BCUT2D eigenvalue weighted by Crippen LogP contribution is 2.20. The number of piperazine rings is 1. The minimum Gasteiger partial charge on any atom is -0.377 e. The minimum atomic E-state index is 0.549. The second kappa shape index (κ2) is 8.35. The molecule has 1 heterocycles. The molecular formula is C17H34N2O. The minimum absolute atomic E-state index is 0.549. The summed E-state index contributed by atoms with van der Waals surface area (Å²) in [6.45, 7) is 11.3. The second-order valence-corrected chi connectivity index (χ2v) is 7.21. The van der Waals surface area contributed by atoms with Crippen molar-refractivity contribution in [3.05, 3.63) is 0 Å². The molecule has 20 heavy (non-hydrogen) atoms. The molecule has 0 amide bonds. The molecule has 118 valence electrons. The molecule has 0 spiro atoms. The fourth-order valence-electron chi connectivity index (χ4n) is 3.60. The van der Waals surface area contributed by atoms with Crippen molar-refractivity contribution < 1.29 is 4.74 Å². The summed E-state index contributed by atoms with van der Waals surface area (Å²) in [6, 6.07) is 1.31. The molecule has 2 aliphatic rings. The number of hydrogen-bond donors (Lipinski definition) is 1. The summed E-state index contributed by atoms with van der Waals surface area (Å²) in [5.74, 6) is 0.779. The lowest BCUT2D eigenvalue weighted by Crippen LogP contribution is -2.56. The van der Waals surface area contributed by atoms with Gasteiger partial charge in [0.05, 0.1) is 12.7 Å². The molecule has 3 heteroatoms. The smallest absolute Gasteiger partial charge is 0.0597 e. The molecule has 0 aromatic heterocycles. The van der Waals surface area contributed by atoms with Crippen LogP contribution in [0, 0.1) is 5.92 Å². The van der Waals surface area contributed by atoms with Gasteiger partial charge < -0.3 is 10.1 Å².